The Kier molecular flexibility index (Phi) is 5.65. The van der Waals surface area contributed by atoms with Crippen molar-refractivity contribution in [2.75, 3.05) is 13.2 Å². The zero-order valence-corrected chi connectivity index (χ0v) is 11.3. The van der Waals surface area contributed by atoms with Gasteiger partial charge in [-0.15, -0.1) is 0 Å². The molecule has 0 aromatic heterocycles. The van der Waals surface area contributed by atoms with Gasteiger partial charge < -0.3 is 15.8 Å². The van der Waals surface area contributed by atoms with Gasteiger partial charge in [0.05, 0.1) is 0 Å². The van der Waals surface area contributed by atoms with Crippen LogP contribution in [-0.2, 0) is 4.79 Å². The fourth-order valence-electron chi connectivity index (χ4n) is 1.61. The highest BCUT2D eigenvalue weighted by Gasteiger charge is 2.10. The van der Waals surface area contributed by atoms with Crippen molar-refractivity contribution in [3.8, 4) is 5.75 Å². The quantitative estimate of drug-likeness (QED) is 0.810. The first-order chi connectivity index (χ1) is 8.54. The van der Waals surface area contributed by atoms with Gasteiger partial charge >= 0.3 is 0 Å². The lowest BCUT2D eigenvalue weighted by Gasteiger charge is -2.14. The largest absolute Gasteiger partial charge is 0.483 e. The van der Waals surface area contributed by atoms with Crippen molar-refractivity contribution in [2.45, 2.75) is 33.2 Å². The average Bonchev–Trinajstić information content (AvgIpc) is 2.34. The van der Waals surface area contributed by atoms with Gasteiger partial charge in [-0.1, -0.05) is 24.6 Å². The molecule has 0 spiro atoms. The number of rotatable bonds is 6. The molecule has 1 rings (SSSR count). The summed E-state index contributed by atoms with van der Waals surface area (Å²) in [6, 6.07) is 5.69. The van der Waals surface area contributed by atoms with Crippen LogP contribution < -0.4 is 15.8 Å². The first-order valence-electron chi connectivity index (χ1n) is 6.30. The molecule has 4 nitrogen and oxygen atoms in total. The SMILES string of the molecule is CCCNC(=O)COc1ccc(C)cc1C(C)N. The van der Waals surface area contributed by atoms with Gasteiger partial charge in [-0.25, -0.2) is 0 Å². The fourth-order valence-corrected chi connectivity index (χ4v) is 1.61. The van der Waals surface area contributed by atoms with Gasteiger partial charge in [0.25, 0.3) is 5.91 Å². The van der Waals surface area contributed by atoms with Crippen molar-refractivity contribution in [1.29, 1.82) is 0 Å². The smallest absolute Gasteiger partial charge is 0.257 e. The Morgan fingerprint density at radius 1 is 1.50 bits per heavy atom. The molecule has 1 atom stereocenters. The van der Waals surface area contributed by atoms with E-state index in [9.17, 15) is 4.79 Å². The van der Waals surface area contributed by atoms with Crippen molar-refractivity contribution >= 4 is 5.91 Å². The molecule has 1 aromatic carbocycles. The molecular weight excluding hydrogens is 228 g/mol. The first-order valence-corrected chi connectivity index (χ1v) is 6.30. The number of hydrogen-bond donors (Lipinski definition) is 2. The monoisotopic (exact) mass is 250 g/mol. The highest BCUT2D eigenvalue weighted by atomic mass is 16.5. The Morgan fingerprint density at radius 3 is 2.83 bits per heavy atom. The number of nitrogens with two attached hydrogens (primary N) is 1. The van der Waals surface area contributed by atoms with Gasteiger partial charge in [0, 0.05) is 18.2 Å². The summed E-state index contributed by atoms with van der Waals surface area (Å²) >= 11 is 0. The molecule has 3 N–H and O–H groups in total. The van der Waals surface area contributed by atoms with Crippen LogP contribution in [0, 0.1) is 6.92 Å². The summed E-state index contributed by atoms with van der Waals surface area (Å²) in [5.74, 6) is 0.579. The van der Waals surface area contributed by atoms with E-state index in [1.54, 1.807) is 0 Å². The third kappa shape index (κ3) is 4.37. The van der Waals surface area contributed by atoms with E-state index in [4.69, 9.17) is 10.5 Å². The minimum Gasteiger partial charge on any atom is -0.483 e. The zero-order valence-electron chi connectivity index (χ0n) is 11.3. The van der Waals surface area contributed by atoms with E-state index >= 15 is 0 Å². The minimum absolute atomic E-state index is 0.0305. The van der Waals surface area contributed by atoms with E-state index < -0.39 is 0 Å². The summed E-state index contributed by atoms with van der Waals surface area (Å²) in [6.07, 6.45) is 0.918. The van der Waals surface area contributed by atoms with Crippen molar-refractivity contribution in [3.05, 3.63) is 29.3 Å². The van der Waals surface area contributed by atoms with Crippen molar-refractivity contribution < 1.29 is 9.53 Å². The van der Waals surface area contributed by atoms with Crippen LogP contribution in [0.1, 0.15) is 37.4 Å². The molecule has 0 saturated heterocycles. The third-order valence-electron chi connectivity index (χ3n) is 2.59. The van der Waals surface area contributed by atoms with Crippen LogP contribution in [0.5, 0.6) is 5.75 Å². The molecular formula is C14H22N2O2. The lowest BCUT2D eigenvalue weighted by atomic mass is 10.1. The normalized spacial score (nSPS) is 12.0. The van der Waals surface area contributed by atoms with E-state index in [0.29, 0.717) is 12.3 Å². The standard InChI is InChI=1S/C14H22N2O2/c1-4-7-16-14(17)9-18-13-6-5-10(2)8-12(13)11(3)15/h5-6,8,11H,4,7,9,15H2,1-3H3,(H,16,17). The van der Waals surface area contributed by atoms with Gasteiger partial charge in [-0.3, -0.25) is 4.79 Å². The Balaban J connectivity index is 2.64. The van der Waals surface area contributed by atoms with Crippen LogP contribution in [0.3, 0.4) is 0 Å². The van der Waals surface area contributed by atoms with E-state index in [1.165, 1.54) is 0 Å². The molecule has 1 amide bonds. The third-order valence-corrected chi connectivity index (χ3v) is 2.59. The second-order valence-electron chi connectivity index (χ2n) is 4.47. The number of carbonyl (C=O) groups excluding carboxylic acids is 1. The van der Waals surface area contributed by atoms with Gasteiger partial charge in [-0.2, -0.15) is 0 Å². The van der Waals surface area contributed by atoms with Gasteiger partial charge in [0.2, 0.25) is 0 Å². The van der Waals surface area contributed by atoms with Crippen molar-refractivity contribution in [1.82, 2.24) is 5.32 Å². The van der Waals surface area contributed by atoms with E-state index in [1.807, 2.05) is 39.0 Å². The highest BCUT2D eigenvalue weighted by Crippen LogP contribution is 2.24. The first kappa shape index (κ1) is 14.5. The average molecular weight is 250 g/mol. The lowest BCUT2D eigenvalue weighted by Crippen LogP contribution is -2.29. The molecule has 0 bridgehead atoms. The molecule has 100 valence electrons. The fraction of sp³-hybridized carbons (Fsp3) is 0.500. The van der Waals surface area contributed by atoms with Gasteiger partial charge in [0.1, 0.15) is 5.75 Å². The van der Waals surface area contributed by atoms with Crippen LogP contribution >= 0.6 is 0 Å². The number of benzene rings is 1. The van der Waals surface area contributed by atoms with Crippen LogP contribution in [0.25, 0.3) is 0 Å². The summed E-state index contributed by atoms with van der Waals surface area (Å²) in [7, 11) is 0. The molecule has 0 heterocycles. The molecule has 4 heteroatoms. The van der Waals surface area contributed by atoms with E-state index in [0.717, 1.165) is 17.5 Å². The summed E-state index contributed by atoms with van der Waals surface area (Å²) in [5, 5.41) is 2.77. The second-order valence-corrected chi connectivity index (χ2v) is 4.47. The summed E-state index contributed by atoms with van der Waals surface area (Å²) in [5.41, 5.74) is 7.95. The van der Waals surface area contributed by atoms with Crippen LogP contribution in [0.4, 0.5) is 0 Å². The van der Waals surface area contributed by atoms with E-state index in [2.05, 4.69) is 5.32 Å². The Bertz CT molecular complexity index is 403. The number of aryl methyl sites for hydroxylation is 1. The molecule has 1 aromatic rings. The summed E-state index contributed by atoms with van der Waals surface area (Å²) in [6.45, 7) is 6.62. The lowest BCUT2D eigenvalue weighted by molar-refractivity contribution is -0.123. The number of nitrogens with one attached hydrogen (secondary N) is 1. The molecule has 1 unspecified atom stereocenters. The number of amides is 1. The molecule has 0 fully saturated rings. The predicted molar refractivity (Wildman–Crippen MR) is 72.6 cm³/mol. The number of ether oxygens (including phenoxy) is 1. The molecule has 0 aliphatic heterocycles. The number of carbonyl (C=O) groups is 1. The topological polar surface area (TPSA) is 64.3 Å². The Labute approximate surface area is 109 Å². The maximum absolute atomic E-state index is 11.5. The highest BCUT2D eigenvalue weighted by molar-refractivity contribution is 5.77. The molecule has 0 aliphatic rings. The zero-order chi connectivity index (χ0) is 13.5. The molecule has 0 aliphatic carbocycles. The maximum Gasteiger partial charge on any atom is 0.257 e. The van der Waals surface area contributed by atoms with Crippen LogP contribution in [0.2, 0.25) is 0 Å². The van der Waals surface area contributed by atoms with Gasteiger partial charge in [0.15, 0.2) is 6.61 Å². The van der Waals surface area contributed by atoms with Crippen molar-refractivity contribution in [3.63, 3.8) is 0 Å². The minimum atomic E-state index is -0.112. The Morgan fingerprint density at radius 2 is 2.22 bits per heavy atom. The number of hydrogen-bond acceptors (Lipinski definition) is 3. The van der Waals surface area contributed by atoms with Crippen molar-refractivity contribution in [2.24, 2.45) is 5.73 Å². The van der Waals surface area contributed by atoms with E-state index in [-0.39, 0.29) is 18.6 Å². The van der Waals surface area contributed by atoms with Crippen LogP contribution in [-0.4, -0.2) is 19.1 Å². The molecule has 0 saturated carbocycles. The van der Waals surface area contributed by atoms with Crippen LogP contribution in [0.15, 0.2) is 18.2 Å². The second kappa shape index (κ2) is 7.01. The Hall–Kier alpha value is -1.55. The summed E-state index contributed by atoms with van der Waals surface area (Å²) in [4.78, 5) is 11.5. The molecule has 18 heavy (non-hydrogen) atoms. The van der Waals surface area contributed by atoms with Gasteiger partial charge in [-0.05, 0) is 26.3 Å². The maximum atomic E-state index is 11.5. The summed E-state index contributed by atoms with van der Waals surface area (Å²) < 4.78 is 5.52. The molecule has 0 radical (unpaired) electrons. The predicted octanol–water partition coefficient (Wildman–Crippen LogP) is 1.92.